The molecule has 14 heavy (non-hydrogen) atoms. The van der Waals surface area contributed by atoms with Crippen LogP contribution in [0.5, 0.6) is 0 Å². The second-order valence-corrected chi connectivity index (χ2v) is 2.49. The first-order chi connectivity index (χ1) is 4.83. The minimum Gasteiger partial charge on any atom is -1.00 e. The van der Waals surface area contributed by atoms with E-state index in [9.17, 15) is 14.2 Å². The molecule has 0 aromatic rings. The summed E-state index contributed by atoms with van der Waals surface area (Å²) in [6.07, 6.45) is -4.20. The van der Waals surface area contributed by atoms with Crippen molar-refractivity contribution in [3.05, 3.63) is 0 Å². The molecule has 0 heterocycles. The number of phosphoric ester groups is 1. The zero-order valence-electron chi connectivity index (χ0n) is 12.2. The average Bonchev–Trinajstić information content (AvgIpc) is 1.53. The third-order valence-electron chi connectivity index (χ3n) is 0.387. The van der Waals surface area contributed by atoms with Crippen molar-refractivity contribution in [1.82, 2.24) is 0 Å². The fourth-order valence-corrected chi connectivity index (χ4v) is 0.648. The molecule has 12 heteroatoms. The number of carbonyl (C=O) groups is 2. The molecule has 0 aliphatic carbocycles. The quantitative estimate of drug-likeness (QED) is 0.370. The number of phosphoric acid groups is 1. The van der Waals surface area contributed by atoms with Crippen molar-refractivity contribution < 1.29 is 75.0 Å². The van der Waals surface area contributed by atoms with Gasteiger partial charge in [0, 0.05) is 0 Å². The van der Waals surface area contributed by atoms with Gasteiger partial charge in [-0.25, -0.2) is 14.2 Å². The van der Waals surface area contributed by atoms with E-state index in [4.69, 9.17) is 15.1 Å². The van der Waals surface area contributed by atoms with E-state index in [-0.39, 0.29) is 112 Å². The normalized spacial score (nSPS) is 8.07. The van der Waals surface area contributed by atoms with Crippen molar-refractivity contribution in [1.29, 1.82) is 0 Å². The maximum absolute atomic E-state index is 10.2. The van der Waals surface area contributed by atoms with Gasteiger partial charge in [-0.1, -0.05) is 0 Å². The van der Waals surface area contributed by atoms with Gasteiger partial charge < -0.3 is 26.4 Å². The number of rotatable bonds is 2. The molecule has 0 amide bonds. The summed E-state index contributed by atoms with van der Waals surface area (Å²) in [5.41, 5.74) is 0. The Labute approximate surface area is 168 Å². The van der Waals surface area contributed by atoms with Gasteiger partial charge >= 0.3 is 125 Å². The molecule has 0 aliphatic rings. The third kappa shape index (κ3) is 16.7. The van der Waals surface area contributed by atoms with E-state index in [0.717, 1.165) is 0 Å². The smallest absolute Gasteiger partial charge is 1.00 e. The van der Waals surface area contributed by atoms with Crippen LogP contribution in [0.15, 0.2) is 0 Å². The first-order valence-corrected chi connectivity index (χ1v) is 3.51. The fraction of sp³-hybridized carbons (Fsp3) is 0. The Hall–Kier alpha value is 2.25. The van der Waals surface area contributed by atoms with E-state index in [1.807, 2.05) is 0 Å². The van der Waals surface area contributed by atoms with Crippen LogP contribution < -0.4 is 29.6 Å². The van der Waals surface area contributed by atoms with Gasteiger partial charge in [0.1, 0.15) is 0 Å². The van der Waals surface area contributed by atoms with Crippen LogP contribution in [0.1, 0.15) is 7.13 Å². The molecule has 0 spiro atoms. The van der Waals surface area contributed by atoms with Crippen molar-refractivity contribution >= 4 is 95.6 Å². The van der Waals surface area contributed by atoms with E-state index in [0.29, 0.717) is 0 Å². The van der Waals surface area contributed by atoms with Crippen LogP contribution in [-0.4, -0.2) is 103 Å². The second kappa shape index (κ2) is 11.7. The Morgan fingerprint density at radius 1 is 1.07 bits per heavy atom. The molecule has 0 bridgehead atoms. The summed E-state index contributed by atoms with van der Waals surface area (Å²) in [6.45, 7) is 0. The monoisotopic (exact) mass is 294 g/mol. The Morgan fingerprint density at radius 2 is 1.29 bits per heavy atom. The van der Waals surface area contributed by atoms with Crippen LogP contribution in [0.2, 0.25) is 0 Å². The Bertz CT molecular complexity index is 227. The van der Waals surface area contributed by atoms with Crippen molar-refractivity contribution in [2.75, 3.05) is 0 Å². The molecule has 74 valence electrons. The molecular formula is C2H8Ca2NaO8P. The second-order valence-electron chi connectivity index (χ2n) is 1.18. The maximum atomic E-state index is 10.2. The summed E-state index contributed by atoms with van der Waals surface area (Å²) in [7, 11) is -5.00. The van der Waals surface area contributed by atoms with Gasteiger partial charge in [0.2, 0.25) is 0 Å². The molecular weight excluding hydrogens is 286 g/mol. The van der Waals surface area contributed by atoms with Crippen molar-refractivity contribution in [3.63, 3.8) is 0 Å². The van der Waals surface area contributed by atoms with Gasteiger partial charge in [0.15, 0.2) is 0 Å². The number of carboxylic acid groups (broad SMARTS) is 2. The van der Waals surface area contributed by atoms with Crippen LogP contribution in [0.4, 0.5) is 9.59 Å². The first-order valence-electron chi connectivity index (χ1n) is 2.01. The molecule has 3 N–H and O–H groups in total. The third-order valence-corrected chi connectivity index (χ3v) is 1.16. The van der Waals surface area contributed by atoms with Gasteiger partial charge in [0.25, 0.3) is 0 Å². The van der Waals surface area contributed by atoms with E-state index in [2.05, 4.69) is 9.05 Å². The van der Waals surface area contributed by atoms with Crippen LogP contribution in [0.25, 0.3) is 0 Å². The van der Waals surface area contributed by atoms with Crippen molar-refractivity contribution in [2.45, 2.75) is 0 Å². The number of hydrogen-bond acceptors (Lipinski definition) is 5. The molecule has 0 radical (unpaired) electrons. The summed E-state index contributed by atoms with van der Waals surface area (Å²) >= 11 is 0. The van der Waals surface area contributed by atoms with Gasteiger partial charge in [0.05, 0.1) is 0 Å². The Morgan fingerprint density at radius 3 is 1.43 bits per heavy atom. The van der Waals surface area contributed by atoms with Crippen LogP contribution in [-0.2, 0) is 13.6 Å². The van der Waals surface area contributed by atoms with Gasteiger partial charge in [-0.05, 0) is 0 Å². The fourth-order valence-electron chi connectivity index (χ4n) is 0.216. The van der Waals surface area contributed by atoms with E-state index < -0.39 is 20.1 Å². The van der Waals surface area contributed by atoms with Crippen molar-refractivity contribution in [2.24, 2.45) is 0 Å². The zero-order valence-corrected chi connectivity index (χ0v) is 14.6. The summed E-state index contributed by atoms with van der Waals surface area (Å²) in [5.74, 6) is 0. The molecule has 8 nitrogen and oxygen atoms in total. The van der Waals surface area contributed by atoms with Gasteiger partial charge in [-0.2, -0.15) is 0 Å². The summed E-state index contributed by atoms with van der Waals surface area (Å²) in [4.78, 5) is 27.3. The topological polar surface area (TPSA) is 130 Å². The zero-order chi connectivity index (χ0) is 9.07. The summed E-state index contributed by atoms with van der Waals surface area (Å²) in [6, 6.07) is 0. The van der Waals surface area contributed by atoms with Gasteiger partial charge in [-0.15, -0.1) is 0 Å². The summed E-state index contributed by atoms with van der Waals surface area (Å²) in [5, 5.41) is 15.5. The average molecular weight is 294 g/mol. The predicted octanol–water partition coefficient (Wildman–Crippen LogP) is -2.72. The summed E-state index contributed by atoms with van der Waals surface area (Å²) < 4.78 is 16.5. The Balaban J connectivity index is -0.0000000179. The van der Waals surface area contributed by atoms with Crippen molar-refractivity contribution in [3.8, 4) is 0 Å². The molecule has 0 unspecified atom stereocenters. The molecule has 0 aromatic carbocycles. The number of hydrogen-bond donors (Lipinski definition) is 3. The van der Waals surface area contributed by atoms with E-state index in [1.165, 1.54) is 0 Å². The molecule has 0 aromatic heterocycles. The predicted molar refractivity (Wildman–Crippen MR) is 45.1 cm³/mol. The van der Waals surface area contributed by atoms with E-state index >= 15 is 0 Å². The molecule has 0 atom stereocenters. The van der Waals surface area contributed by atoms with E-state index in [1.54, 1.807) is 0 Å². The largest absolute Gasteiger partial charge is 2.00 e. The van der Waals surface area contributed by atoms with Crippen LogP contribution >= 0.6 is 7.82 Å². The molecule has 0 fully saturated rings. The SMILES string of the molecule is O=C(O)OP(=O)(O)OC(=O)O.[Ca+2].[Ca+2].[H-].[H-].[H-].[H-].[H-].[Na+]. The van der Waals surface area contributed by atoms with Gasteiger partial charge in [-0.3, -0.25) is 4.89 Å². The minimum absolute atomic E-state index is 0. The molecule has 0 aliphatic heterocycles. The van der Waals surface area contributed by atoms with Crippen LogP contribution in [0.3, 0.4) is 0 Å². The first kappa shape index (κ1) is 25.2. The van der Waals surface area contributed by atoms with Crippen LogP contribution in [0, 0.1) is 0 Å². The minimum atomic E-state index is -5.00. The standard InChI is InChI=1S/C2H3O8P.2Ca.Na.5H/c3-1(4)9-11(7,8)10-2(5)6;;;;;;;;/h(H,3,4)(H,5,6)(H,7,8);;;;;;;;/q;2*+2;+1;5*-1. The molecule has 0 saturated heterocycles. The Kier molecular flexibility index (Phi) is 21.1. The molecule has 0 rings (SSSR count). The maximum Gasteiger partial charge on any atom is 2.00 e. The molecule has 0 saturated carbocycles.